The monoisotopic (exact) mass is 274 g/mol. The van der Waals surface area contributed by atoms with Gasteiger partial charge in [0.2, 0.25) is 0 Å². The molecule has 2 rings (SSSR count). The minimum atomic E-state index is -0.416. The lowest BCUT2D eigenvalue weighted by atomic mass is 10.0. The number of rotatable bonds is 6. The Labute approximate surface area is 119 Å². The number of benzene rings is 1. The summed E-state index contributed by atoms with van der Waals surface area (Å²) in [5.41, 5.74) is 9.24. The fourth-order valence-corrected chi connectivity index (χ4v) is 2.19. The van der Waals surface area contributed by atoms with Gasteiger partial charge in [-0.15, -0.1) is 0 Å². The van der Waals surface area contributed by atoms with Crippen molar-refractivity contribution < 1.29 is 9.47 Å². The van der Waals surface area contributed by atoms with Gasteiger partial charge in [0.05, 0.1) is 11.6 Å². The van der Waals surface area contributed by atoms with Gasteiger partial charge < -0.3 is 15.2 Å². The summed E-state index contributed by atoms with van der Waals surface area (Å²) in [4.78, 5) is 4.49. The van der Waals surface area contributed by atoms with Crippen molar-refractivity contribution in [2.75, 3.05) is 13.2 Å². The van der Waals surface area contributed by atoms with Crippen LogP contribution in [0.4, 0.5) is 0 Å². The number of aromatic nitrogens is 1. The Bertz CT molecular complexity index is 565. The number of fused-ring (bicyclic) bond motifs is 1. The standard InChI is InChI=1S/C16H22N2O2/c1-4-19-16(20-5-2)15(17)13-8-9-14-12(10-13)7-6-11(3)18-14/h6-10,15-16H,4-5,17H2,1-3H3. The van der Waals surface area contributed by atoms with Crippen LogP contribution >= 0.6 is 0 Å². The third-order valence-electron chi connectivity index (χ3n) is 3.19. The molecule has 0 aliphatic rings. The lowest BCUT2D eigenvalue weighted by molar-refractivity contribution is -0.149. The number of nitrogens with zero attached hydrogens (tertiary/aromatic N) is 1. The fourth-order valence-electron chi connectivity index (χ4n) is 2.19. The summed E-state index contributed by atoms with van der Waals surface area (Å²) in [7, 11) is 0. The zero-order chi connectivity index (χ0) is 14.5. The van der Waals surface area contributed by atoms with Gasteiger partial charge in [-0.2, -0.15) is 0 Å². The van der Waals surface area contributed by atoms with Crippen molar-refractivity contribution in [3.05, 3.63) is 41.6 Å². The molecule has 0 aliphatic carbocycles. The number of aryl methyl sites for hydroxylation is 1. The first-order chi connectivity index (χ1) is 9.65. The van der Waals surface area contributed by atoms with Crippen LogP contribution in [0.3, 0.4) is 0 Å². The Kier molecular flexibility index (Phi) is 5.06. The summed E-state index contributed by atoms with van der Waals surface area (Å²) in [5.74, 6) is 0. The van der Waals surface area contributed by atoms with Crippen LogP contribution in [0.25, 0.3) is 10.9 Å². The Hall–Kier alpha value is -1.49. The number of hydrogen-bond donors (Lipinski definition) is 1. The number of pyridine rings is 1. The highest BCUT2D eigenvalue weighted by molar-refractivity contribution is 5.79. The second kappa shape index (κ2) is 6.79. The lowest BCUT2D eigenvalue weighted by Gasteiger charge is -2.24. The number of hydrogen-bond acceptors (Lipinski definition) is 4. The smallest absolute Gasteiger partial charge is 0.176 e. The summed E-state index contributed by atoms with van der Waals surface area (Å²) in [6.45, 7) is 7.01. The first kappa shape index (κ1) is 14.9. The van der Waals surface area contributed by atoms with Gasteiger partial charge in [-0.3, -0.25) is 4.98 Å². The molecule has 2 aromatic rings. The van der Waals surface area contributed by atoms with E-state index < -0.39 is 6.29 Å². The van der Waals surface area contributed by atoms with Crippen molar-refractivity contribution in [2.45, 2.75) is 33.1 Å². The van der Waals surface area contributed by atoms with E-state index in [0.717, 1.165) is 22.2 Å². The first-order valence-corrected chi connectivity index (χ1v) is 7.01. The molecule has 2 N–H and O–H groups in total. The predicted molar refractivity (Wildman–Crippen MR) is 80.4 cm³/mol. The maximum atomic E-state index is 6.26. The average Bonchev–Trinajstić information content (AvgIpc) is 2.45. The maximum Gasteiger partial charge on any atom is 0.176 e. The van der Waals surface area contributed by atoms with E-state index in [-0.39, 0.29) is 6.04 Å². The molecule has 0 spiro atoms. The molecule has 0 aliphatic heterocycles. The van der Waals surface area contributed by atoms with Crippen LogP contribution < -0.4 is 5.73 Å². The molecular weight excluding hydrogens is 252 g/mol. The quantitative estimate of drug-likeness (QED) is 0.823. The van der Waals surface area contributed by atoms with Crippen molar-refractivity contribution in [2.24, 2.45) is 5.73 Å². The number of nitrogens with two attached hydrogens (primary N) is 1. The van der Waals surface area contributed by atoms with Crippen molar-refractivity contribution >= 4 is 10.9 Å². The van der Waals surface area contributed by atoms with Gasteiger partial charge in [-0.25, -0.2) is 0 Å². The Morgan fingerprint density at radius 1 is 1.10 bits per heavy atom. The average molecular weight is 274 g/mol. The lowest BCUT2D eigenvalue weighted by Crippen LogP contribution is -2.31. The highest BCUT2D eigenvalue weighted by Crippen LogP contribution is 2.22. The predicted octanol–water partition coefficient (Wildman–Crippen LogP) is 2.94. The molecule has 1 atom stereocenters. The normalized spacial score (nSPS) is 13.1. The molecular formula is C16H22N2O2. The van der Waals surface area contributed by atoms with Crippen LogP contribution in [-0.2, 0) is 9.47 Å². The molecule has 0 radical (unpaired) electrons. The third-order valence-corrected chi connectivity index (χ3v) is 3.19. The van der Waals surface area contributed by atoms with Crippen LogP contribution in [0, 0.1) is 6.92 Å². The van der Waals surface area contributed by atoms with Gasteiger partial charge in [0.15, 0.2) is 6.29 Å². The summed E-state index contributed by atoms with van der Waals surface area (Å²) in [6.07, 6.45) is -0.416. The van der Waals surface area contributed by atoms with E-state index >= 15 is 0 Å². The van der Waals surface area contributed by atoms with Crippen LogP contribution in [0.1, 0.15) is 31.1 Å². The van der Waals surface area contributed by atoms with Crippen molar-refractivity contribution in [3.8, 4) is 0 Å². The maximum absolute atomic E-state index is 6.26. The van der Waals surface area contributed by atoms with Crippen LogP contribution in [-0.4, -0.2) is 24.5 Å². The van der Waals surface area contributed by atoms with Gasteiger partial charge in [-0.1, -0.05) is 12.1 Å². The SMILES string of the molecule is CCOC(OCC)C(N)c1ccc2nc(C)ccc2c1. The Morgan fingerprint density at radius 3 is 2.45 bits per heavy atom. The van der Waals surface area contributed by atoms with Gasteiger partial charge in [0.1, 0.15) is 0 Å². The van der Waals surface area contributed by atoms with E-state index in [9.17, 15) is 0 Å². The van der Waals surface area contributed by atoms with Crippen LogP contribution in [0.15, 0.2) is 30.3 Å². The second-order valence-electron chi connectivity index (χ2n) is 4.71. The van der Waals surface area contributed by atoms with Crippen LogP contribution in [0.2, 0.25) is 0 Å². The van der Waals surface area contributed by atoms with Gasteiger partial charge >= 0.3 is 0 Å². The van der Waals surface area contributed by atoms with E-state index in [1.807, 2.05) is 39.0 Å². The van der Waals surface area contributed by atoms with E-state index in [0.29, 0.717) is 13.2 Å². The van der Waals surface area contributed by atoms with Crippen molar-refractivity contribution in [1.82, 2.24) is 4.98 Å². The van der Waals surface area contributed by atoms with E-state index in [1.54, 1.807) is 0 Å². The third kappa shape index (κ3) is 3.33. The zero-order valence-electron chi connectivity index (χ0n) is 12.3. The van der Waals surface area contributed by atoms with Crippen molar-refractivity contribution in [1.29, 1.82) is 0 Å². The number of ether oxygens (including phenoxy) is 2. The molecule has 0 saturated heterocycles. The Balaban J connectivity index is 2.28. The molecule has 0 amide bonds. The summed E-state index contributed by atoms with van der Waals surface area (Å²) in [5, 5.41) is 1.08. The molecule has 0 bridgehead atoms. The van der Waals surface area contributed by atoms with Gasteiger partial charge in [0, 0.05) is 24.3 Å². The fraction of sp³-hybridized carbons (Fsp3) is 0.438. The molecule has 0 fully saturated rings. The Morgan fingerprint density at radius 2 is 1.80 bits per heavy atom. The highest BCUT2D eigenvalue weighted by Gasteiger charge is 2.20. The molecule has 108 valence electrons. The minimum Gasteiger partial charge on any atom is -0.351 e. The summed E-state index contributed by atoms with van der Waals surface area (Å²) >= 11 is 0. The van der Waals surface area contributed by atoms with Crippen LogP contribution in [0.5, 0.6) is 0 Å². The van der Waals surface area contributed by atoms with E-state index in [4.69, 9.17) is 15.2 Å². The molecule has 4 nitrogen and oxygen atoms in total. The van der Waals surface area contributed by atoms with Gasteiger partial charge in [-0.05, 0) is 44.5 Å². The summed E-state index contributed by atoms with van der Waals surface area (Å²) < 4.78 is 11.1. The topological polar surface area (TPSA) is 57.4 Å². The minimum absolute atomic E-state index is 0.305. The molecule has 1 aromatic heterocycles. The largest absolute Gasteiger partial charge is 0.351 e. The van der Waals surface area contributed by atoms with Gasteiger partial charge in [0.25, 0.3) is 0 Å². The second-order valence-corrected chi connectivity index (χ2v) is 4.71. The zero-order valence-corrected chi connectivity index (χ0v) is 12.3. The molecule has 0 saturated carbocycles. The van der Waals surface area contributed by atoms with E-state index in [2.05, 4.69) is 17.1 Å². The summed E-state index contributed by atoms with van der Waals surface area (Å²) in [6, 6.07) is 9.79. The first-order valence-electron chi connectivity index (χ1n) is 7.01. The molecule has 20 heavy (non-hydrogen) atoms. The van der Waals surface area contributed by atoms with Crippen molar-refractivity contribution in [3.63, 3.8) is 0 Å². The highest BCUT2D eigenvalue weighted by atomic mass is 16.7. The van der Waals surface area contributed by atoms with E-state index in [1.165, 1.54) is 0 Å². The molecule has 1 heterocycles. The molecule has 4 heteroatoms. The molecule has 1 aromatic carbocycles. The molecule has 1 unspecified atom stereocenters.